The number of para-hydroxylation sites is 1. The number of hydrogen-bond acceptors (Lipinski definition) is 3. The van der Waals surface area contributed by atoms with Crippen LogP contribution in [0.1, 0.15) is 12.0 Å². The van der Waals surface area contributed by atoms with E-state index in [1.807, 2.05) is 36.2 Å². The van der Waals surface area contributed by atoms with Crippen LogP contribution in [0.25, 0.3) is 0 Å². The van der Waals surface area contributed by atoms with E-state index in [9.17, 15) is 13.2 Å². The number of aliphatic imine (C=N–C) groups is 1. The van der Waals surface area contributed by atoms with Gasteiger partial charge < -0.3 is 15.0 Å². The largest absolute Gasteiger partial charge is 0.496 e. The van der Waals surface area contributed by atoms with Crippen molar-refractivity contribution >= 4 is 5.96 Å². The molecule has 0 aromatic heterocycles. The summed E-state index contributed by atoms with van der Waals surface area (Å²) < 4.78 is 42.9. The molecule has 1 heterocycles. The van der Waals surface area contributed by atoms with Crippen LogP contribution in [0.5, 0.6) is 5.75 Å². The van der Waals surface area contributed by atoms with Gasteiger partial charge in [0.15, 0.2) is 5.96 Å². The van der Waals surface area contributed by atoms with Crippen LogP contribution in [0.3, 0.4) is 0 Å². The number of halogens is 3. The summed E-state index contributed by atoms with van der Waals surface area (Å²) in [5, 5.41) is 3.26. The molecule has 25 heavy (non-hydrogen) atoms. The van der Waals surface area contributed by atoms with Crippen LogP contribution in [0.4, 0.5) is 13.2 Å². The van der Waals surface area contributed by atoms with Gasteiger partial charge >= 0.3 is 6.18 Å². The molecule has 0 saturated carbocycles. The maximum absolute atomic E-state index is 12.5. The van der Waals surface area contributed by atoms with Crippen molar-refractivity contribution in [3.8, 4) is 5.75 Å². The number of alkyl halides is 3. The first-order valence-corrected chi connectivity index (χ1v) is 8.18. The molecule has 0 bridgehead atoms. The molecule has 140 valence electrons. The van der Waals surface area contributed by atoms with Crippen molar-refractivity contribution in [2.45, 2.75) is 25.2 Å². The number of ether oxygens (including phenoxy) is 1. The van der Waals surface area contributed by atoms with Gasteiger partial charge in [0, 0.05) is 45.3 Å². The van der Waals surface area contributed by atoms with E-state index in [0.717, 1.165) is 11.3 Å². The monoisotopic (exact) mass is 358 g/mol. The molecule has 1 saturated heterocycles. The molecule has 0 spiro atoms. The lowest BCUT2D eigenvalue weighted by molar-refractivity contribution is -0.143. The van der Waals surface area contributed by atoms with Crippen molar-refractivity contribution in [2.24, 2.45) is 4.99 Å². The van der Waals surface area contributed by atoms with Gasteiger partial charge in [0.25, 0.3) is 0 Å². The van der Waals surface area contributed by atoms with E-state index in [2.05, 4.69) is 10.3 Å². The summed E-state index contributed by atoms with van der Waals surface area (Å²) in [6.07, 6.45) is -3.49. The second-order valence-electron chi connectivity index (χ2n) is 6.20. The smallest absolute Gasteiger partial charge is 0.401 e. The molecule has 0 amide bonds. The van der Waals surface area contributed by atoms with Crippen molar-refractivity contribution in [3.05, 3.63) is 29.8 Å². The summed E-state index contributed by atoms with van der Waals surface area (Å²) in [7, 11) is 5.19. The molecule has 2 rings (SSSR count). The Bertz CT molecular complexity index is 592. The highest BCUT2D eigenvalue weighted by molar-refractivity contribution is 5.80. The Morgan fingerprint density at radius 3 is 2.76 bits per heavy atom. The summed E-state index contributed by atoms with van der Waals surface area (Å²) in [5.41, 5.74) is 1.01. The van der Waals surface area contributed by atoms with Crippen LogP contribution >= 0.6 is 0 Å². The average Bonchev–Trinajstić information content (AvgIpc) is 2.98. The fourth-order valence-electron chi connectivity index (χ4n) is 3.04. The van der Waals surface area contributed by atoms with Gasteiger partial charge in [0.05, 0.1) is 13.7 Å². The highest BCUT2D eigenvalue weighted by Gasteiger charge is 2.34. The standard InChI is InChI=1S/C17H25F3N4O/c1-21-16(22-14-8-9-24(11-14)12-17(18,19)20)23(2)10-13-6-4-5-7-15(13)25-3/h4-7,14H,8-12H2,1-3H3,(H,21,22). The highest BCUT2D eigenvalue weighted by atomic mass is 19.4. The quantitative estimate of drug-likeness (QED) is 0.648. The summed E-state index contributed by atoms with van der Waals surface area (Å²) in [4.78, 5) is 7.61. The Morgan fingerprint density at radius 2 is 2.12 bits per heavy atom. The molecule has 1 atom stereocenters. The molecular weight excluding hydrogens is 333 g/mol. The number of guanidine groups is 1. The third-order valence-corrected chi connectivity index (χ3v) is 4.18. The third kappa shape index (κ3) is 5.81. The van der Waals surface area contributed by atoms with E-state index < -0.39 is 12.7 Å². The van der Waals surface area contributed by atoms with Crippen LogP contribution in [0.2, 0.25) is 0 Å². The van der Waals surface area contributed by atoms with E-state index in [0.29, 0.717) is 32.0 Å². The molecule has 1 aromatic carbocycles. The van der Waals surface area contributed by atoms with Crippen molar-refractivity contribution in [1.82, 2.24) is 15.1 Å². The number of nitrogens with one attached hydrogen (secondary N) is 1. The number of methoxy groups -OCH3 is 1. The van der Waals surface area contributed by atoms with Gasteiger partial charge in [-0.15, -0.1) is 0 Å². The van der Waals surface area contributed by atoms with E-state index >= 15 is 0 Å². The van der Waals surface area contributed by atoms with Gasteiger partial charge in [0.1, 0.15) is 5.75 Å². The van der Waals surface area contributed by atoms with Gasteiger partial charge in [-0.05, 0) is 12.5 Å². The van der Waals surface area contributed by atoms with E-state index in [-0.39, 0.29) is 6.04 Å². The minimum atomic E-state index is -4.16. The maximum Gasteiger partial charge on any atom is 0.401 e. The van der Waals surface area contributed by atoms with Crippen molar-refractivity contribution in [2.75, 3.05) is 40.8 Å². The summed E-state index contributed by atoms with van der Waals surface area (Å²) >= 11 is 0. The normalized spacial score (nSPS) is 19.1. The Kier molecular flexibility index (Phi) is 6.52. The van der Waals surface area contributed by atoms with E-state index in [1.165, 1.54) is 4.90 Å². The molecule has 1 N–H and O–H groups in total. The van der Waals surface area contributed by atoms with Crippen LogP contribution < -0.4 is 10.1 Å². The molecule has 1 unspecified atom stereocenters. The molecule has 1 aliphatic rings. The summed E-state index contributed by atoms with van der Waals surface area (Å²) in [6.45, 7) is 0.523. The number of nitrogens with zero attached hydrogens (tertiary/aromatic N) is 3. The summed E-state index contributed by atoms with van der Waals surface area (Å²) in [6, 6.07) is 7.67. The molecule has 8 heteroatoms. The number of likely N-dealkylation sites (tertiary alicyclic amines) is 1. The minimum absolute atomic E-state index is 0.0406. The molecule has 5 nitrogen and oxygen atoms in total. The lowest BCUT2D eigenvalue weighted by Crippen LogP contribution is -2.45. The predicted molar refractivity (Wildman–Crippen MR) is 91.9 cm³/mol. The third-order valence-electron chi connectivity index (χ3n) is 4.18. The van der Waals surface area contributed by atoms with Crippen LogP contribution in [0, 0.1) is 0 Å². The van der Waals surface area contributed by atoms with Crippen LogP contribution in [-0.2, 0) is 6.54 Å². The average molecular weight is 358 g/mol. The number of rotatable bonds is 5. The number of benzene rings is 1. The first kappa shape index (κ1) is 19.4. The molecule has 1 aliphatic heterocycles. The maximum atomic E-state index is 12.5. The second-order valence-corrected chi connectivity index (χ2v) is 6.20. The fourth-order valence-corrected chi connectivity index (χ4v) is 3.04. The Hall–Kier alpha value is -1.96. The Morgan fingerprint density at radius 1 is 1.40 bits per heavy atom. The Labute approximate surface area is 146 Å². The summed E-state index contributed by atoms with van der Waals surface area (Å²) in [5.74, 6) is 1.45. The van der Waals surface area contributed by atoms with Crippen LogP contribution in [-0.4, -0.2) is 68.8 Å². The first-order chi connectivity index (χ1) is 11.8. The van der Waals surface area contributed by atoms with Crippen molar-refractivity contribution in [1.29, 1.82) is 0 Å². The zero-order valence-corrected chi connectivity index (χ0v) is 14.8. The van der Waals surface area contributed by atoms with Gasteiger partial charge in [-0.25, -0.2) is 0 Å². The fraction of sp³-hybridized carbons (Fsp3) is 0.588. The number of hydrogen-bond donors (Lipinski definition) is 1. The predicted octanol–water partition coefficient (Wildman–Crippen LogP) is 2.34. The van der Waals surface area contributed by atoms with Gasteiger partial charge in [0.2, 0.25) is 0 Å². The highest BCUT2D eigenvalue weighted by Crippen LogP contribution is 2.21. The minimum Gasteiger partial charge on any atom is -0.496 e. The molecule has 1 aromatic rings. The molecule has 0 radical (unpaired) electrons. The molecule has 0 aliphatic carbocycles. The molecular formula is C17H25F3N4O. The zero-order chi connectivity index (χ0) is 18.4. The topological polar surface area (TPSA) is 40.1 Å². The second kappa shape index (κ2) is 8.42. The van der Waals surface area contributed by atoms with E-state index in [4.69, 9.17) is 4.74 Å². The molecule has 1 fully saturated rings. The van der Waals surface area contributed by atoms with Crippen molar-refractivity contribution < 1.29 is 17.9 Å². The lowest BCUT2D eigenvalue weighted by atomic mass is 10.2. The lowest BCUT2D eigenvalue weighted by Gasteiger charge is -2.26. The zero-order valence-electron chi connectivity index (χ0n) is 14.8. The van der Waals surface area contributed by atoms with Gasteiger partial charge in [-0.1, -0.05) is 18.2 Å². The van der Waals surface area contributed by atoms with Gasteiger partial charge in [-0.2, -0.15) is 13.2 Å². The van der Waals surface area contributed by atoms with Crippen molar-refractivity contribution in [3.63, 3.8) is 0 Å². The first-order valence-electron chi connectivity index (χ1n) is 8.18. The van der Waals surface area contributed by atoms with E-state index in [1.54, 1.807) is 14.2 Å². The Balaban J connectivity index is 1.92. The van der Waals surface area contributed by atoms with Crippen LogP contribution in [0.15, 0.2) is 29.3 Å². The SMILES string of the molecule is CN=C(NC1CCN(CC(F)(F)F)C1)N(C)Cc1ccccc1OC. The van der Waals surface area contributed by atoms with Gasteiger partial charge in [-0.3, -0.25) is 9.89 Å².